The number of ether oxygens (including phenoxy) is 1. The summed E-state index contributed by atoms with van der Waals surface area (Å²) in [6.07, 6.45) is 18.8. The van der Waals surface area contributed by atoms with Gasteiger partial charge in [-0.1, -0.05) is 70.6 Å². The van der Waals surface area contributed by atoms with Gasteiger partial charge in [-0.3, -0.25) is 0 Å². The largest absolute Gasteiger partial charge is 0.487 e. The number of rotatable bonds is 7. The molecule has 8 atom stereocenters. The monoisotopic (exact) mass is 530 g/mol. The Morgan fingerprint density at radius 1 is 1.08 bits per heavy atom. The topological polar surface area (TPSA) is 61.3 Å². The maximum atomic E-state index is 6.64. The van der Waals surface area contributed by atoms with Gasteiger partial charge in [0.05, 0.1) is 5.69 Å². The number of allylic oxidation sites excluding steroid dienone is 4. The predicted molar refractivity (Wildman–Crippen MR) is 166 cm³/mol. The average Bonchev–Trinajstić information content (AvgIpc) is 3.24. The molecule has 0 heterocycles. The molecule has 1 aromatic carbocycles. The molecular weight excluding hydrogens is 476 g/mol. The molecule has 4 aliphatic rings. The standard InChI is InChI=1S/C36H54N2O/c1-8-23(2)10-9-11-24(3)27-14-15-28-26-13-17-32-34(4,5)33(39-31-16-12-25(37)22-30(31)38)19-21-36(32,7)29(26)18-20-35(27,28)6/h8,10,12,16-17,22,24,26-29,33H,1,9,11,13-15,18-21,37-38H2,2-7H3/b23-10-. The van der Waals surface area contributed by atoms with Crippen molar-refractivity contribution in [2.75, 3.05) is 11.5 Å². The van der Waals surface area contributed by atoms with Gasteiger partial charge in [-0.25, -0.2) is 0 Å². The van der Waals surface area contributed by atoms with Gasteiger partial charge < -0.3 is 16.2 Å². The summed E-state index contributed by atoms with van der Waals surface area (Å²) in [5, 5.41) is 0. The summed E-state index contributed by atoms with van der Waals surface area (Å²) in [7, 11) is 0. The molecule has 0 radical (unpaired) electrons. The van der Waals surface area contributed by atoms with Crippen molar-refractivity contribution in [3.63, 3.8) is 0 Å². The maximum Gasteiger partial charge on any atom is 0.142 e. The zero-order valence-electron chi connectivity index (χ0n) is 25.6. The van der Waals surface area contributed by atoms with Crippen molar-refractivity contribution in [3.8, 4) is 5.75 Å². The Morgan fingerprint density at radius 2 is 1.85 bits per heavy atom. The lowest BCUT2D eigenvalue weighted by Crippen LogP contribution is -2.55. The molecule has 3 nitrogen and oxygen atoms in total. The molecule has 0 spiro atoms. The molecule has 3 saturated carbocycles. The van der Waals surface area contributed by atoms with Crippen molar-refractivity contribution in [1.29, 1.82) is 0 Å². The van der Waals surface area contributed by atoms with Gasteiger partial charge in [-0.15, -0.1) is 0 Å². The van der Waals surface area contributed by atoms with E-state index in [0.717, 1.165) is 41.8 Å². The molecule has 3 fully saturated rings. The molecule has 0 amide bonds. The molecule has 5 rings (SSSR count). The first-order chi connectivity index (χ1) is 18.4. The number of nitrogen functional groups attached to an aromatic ring is 2. The van der Waals surface area contributed by atoms with E-state index in [1.807, 2.05) is 24.3 Å². The van der Waals surface area contributed by atoms with E-state index in [1.165, 1.54) is 56.9 Å². The lowest BCUT2D eigenvalue weighted by Gasteiger charge is -2.61. The van der Waals surface area contributed by atoms with E-state index in [0.29, 0.717) is 16.8 Å². The van der Waals surface area contributed by atoms with E-state index in [9.17, 15) is 0 Å². The molecule has 39 heavy (non-hydrogen) atoms. The van der Waals surface area contributed by atoms with Gasteiger partial charge in [0.15, 0.2) is 0 Å². The van der Waals surface area contributed by atoms with E-state index in [2.05, 4.69) is 60.3 Å². The van der Waals surface area contributed by atoms with Gasteiger partial charge in [0.1, 0.15) is 11.9 Å². The Bertz CT molecular complexity index is 1150. The van der Waals surface area contributed by atoms with Gasteiger partial charge in [0.25, 0.3) is 0 Å². The average molecular weight is 531 g/mol. The van der Waals surface area contributed by atoms with Crippen LogP contribution in [-0.4, -0.2) is 6.10 Å². The number of hydrogen-bond acceptors (Lipinski definition) is 3. The van der Waals surface area contributed by atoms with Crippen LogP contribution in [0.3, 0.4) is 0 Å². The highest BCUT2D eigenvalue weighted by Crippen LogP contribution is 2.69. The van der Waals surface area contributed by atoms with Crippen molar-refractivity contribution >= 4 is 11.4 Å². The molecule has 0 saturated heterocycles. The van der Waals surface area contributed by atoms with Crippen LogP contribution >= 0.6 is 0 Å². The lowest BCUT2D eigenvalue weighted by atomic mass is 9.44. The zero-order valence-corrected chi connectivity index (χ0v) is 25.6. The molecule has 4 aliphatic carbocycles. The Labute approximate surface area is 238 Å². The highest BCUT2D eigenvalue weighted by molar-refractivity contribution is 5.60. The number of fused-ring (bicyclic) bond motifs is 5. The van der Waals surface area contributed by atoms with Crippen LogP contribution in [0.5, 0.6) is 5.75 Å². The number of anilines is 2. The SMILES string of the molecule is C=C/C(C)=C\CCC(C)C1CCC2C3CC=C4C(C)(C)C(Oc5ccc(N)cc5N)CCC4(C)C3CCC12C. The van der Waals surface area contributed by atoms with Gasteiger partial charge in [0, 0.05) is 11.1 Å². The zero-order chi connectivity index (χ0) is 28.2. The van der Waals surface area contributed by atoms with E-state index in [-0.39, 0.29) is 16.9 Å². The van der Waals surface area contributed by atoms with Crippen molar-refractivity contribution < 1.29 is 4.74 Å². The van der Waals surface area contributed by atoms with Crippen LogP contribution in [-0.2, 0) is 0 Å². The first-order valence-corrected chi connectivity index (χ1v) is 15.7. The van der Waals surface area contributed by atoms with Crippen molar-refractivity contribution in [1.82, 2.24) is 0 Å². The Morgan fingerprint density at radius 3 is 2.56 bits per heavy atom. The minimum Gasteiger partial charge on any atom is -0.487 e. The van der Waals surface area contributed by atoms with Crippen LogP contribution in [0.4, 0.5) is 11.4 Å². The summed E-state index contributed by atoms with van der Waals surface area (Å²) < 4.78 is 6.64. The molecule has 214 valence electrons. The molecule has 3 heteroatoms. The minimum atomic E-state index is -0.0175. The Kier molecular flexibility index (Phi) is 7.53. The second-order valence-electron chi connectivity index (χ2n) is 14.7. The third-order valence-corrected chi connectivity index (χ3v) is 12.4. The van der Waals surface area contributed by atoms with Gasteiger partial charge >= 0.3 is 0 Å². The second kappa shape index (κ2) is 10.3. The molecule has 0 aromatic heterocycles. The highest BCUT2D eigenvalue weighted by Gasteiger charge is 2.61. The summed E-state index contributed by atoms with van der Waals surface area (Å²) in [5.74, 6) is 4.93. The van der Waals surface area contributed by atoms with Gasteiger partial charge in [-0.05, 0) is 123 Å². The van der Waals surface area contributed by atoms with E-state index >= 15 is 0 Å². The molecule has 1 aromatic rings. The number of benzene rings is 1. The molecule has 4 N–H and O–H groups in total. The molecule has 0 bridgehead atoms. The van der Waals surface area contributed by atoms with E-state index in [4.69, 9.17) is 16.2 Å². The fourth-order valence-corrected chi connectivity index (χ4v) is 10.2. The fourth-order valence-electron chi connectivity index (χ4n) is 10.2. The van der Waals surface area contributed by atoms with Crippen molar-refractivity contribution in [2.24, 2.45) is 45.8 Å². The van der Waals surface area contributed by atoms with Crippen LogP contribution in [0.15, 0.2) is 54.2 Å². The fraction of sp³-hybridized carbons (Fsp3) is 0.667. The third kappa shape index (κ3) is 4.76. The third-order valence-electron chi connectivity index (χ3n) is 12.4. The first-order valence-electron chi connectivity index (χ1n) is 15.7. The van der Waals surface area contributed by atoms with Crippen molar-refractivity contribution in [2.45, 2.75) is 105 Å². The summed E-state index contributed by atoms with van der Waals surface area (Å²) in [5.41, 5.74) is 17.3. The van der Waals surface area contributed by atoms with Crippen LogP contribution in [0.2, 0.25) is 0 Å². The molecular formula is C36H54N2O. The smallest absolute Gasteiger partial charge is 0.142 e. The first kappa shape index (κ1) is 28.4. The molecule has 0 aliphatic heterocycles. The lowest BCUT2D eigenvalue weighted by molar-refractivity contribution is -0.0738. The maximum absolute atomic E-state index is 6.64. The van der Waals surface area contributed by atoms with E-state index < -0.39 is 0 Å². The van der Waals surface area contributed by atoms with Crippen LogP contribution in [0, 0.1) is 45.8 Å². The van der Waals surface area contributed by atoms with Crippen molar-refractivity contribution in [3.05, 3.63) is 54.2 Å². The normalized spacial score (nSPS) is 38.2. The van der Waals surface area contributed by atoms with Crippen LogP contribution in [0.25, 0.3) is 0 Å². The van der Waals surface area contributed by atoms with Crippen LogP contribution in [0.1, 0.15) is 99.3 Å². The second-order valence-corrected chi connectivity index (χ2v) is 14.7. The van der Waals surface area contributed by atoms with E-state index in [1.54, 1.807) is 5.57 Å². The predicted octanol–water partition coefficient (Wildman–Crippen LogP) is 9.36. The number of nitrogens with two attached hydrogens (primary N) is 2. The van der Waals surface area contributed by atoms with Gasteiger partial charge in [0.2, 0.25) is 0 Å². The Balaban J connectivity index is 1.34. The quantitative estimate of drug-likeness (QED) is 0.210. The number of hydrogen-bond donors (Lipinski definition) is 2. The highest BCUT2D eigenvalue weighted by atomic mass is 16.5. The van der Waals surface area contributed by atoms with Crippen LogP contribution < -0.4 is 16.2 Å². The minimum absolute atomic E-state index is 0.0175. The summed E-state index contributed by atoms with van der Waals surface area (Å²) in [6, 6.07) is 5.65. The Hall–Kier alpha value is -2.16. The summed E-state index contributed by atoms with van der Waals surface area (Å²) in [4.78, 5) is 0. The molecule has 8 unspecified atom stereocenters. The summed E-state index contributed by atoms with van der Waals surface area (Å²) in [6.45, 7) is 18.8. The summed E-state index contributed by atoms with van der Waals surface area (Å²) >= 11 is 0. The van der Waals surface area contributed by atoms with Gasteiger partial charge in [-0.2, -0.15) is 0 Å².